The Morgan fingerprint density at radius 1 is 1.19 bits per heavy atom. The van der Waals surface area contributed by atoms with Crippen LogP contribution in [-0.4, -0.2) is 18.4 Å². The average molecular weight is 325 g/mol. The van der Waals surface area contributed by atoms with E-state index in [-0.39, 0.29) is 35.2 Å². The Labute approximate surface area is 132 Å². The number of fused-ring (bicyclic) bond motifs is 2. The van der Waals surface area contributed by atoms with Crippen molar-refractivity contribution in [1.29, 1.82) is 0 Å². The molecule has 0 N–H and O–H groups in total. The molecule has 1 aromatic rings. The molecule has 1 saturated carbocycles. The van der Waals surface area contributed by atoms with E-state index in [0.717, 1.165) is 12.8 Å². The van der Waals surface area contributed by atoms with Crippen molar-refractivity contribution in [2.45, 2.75) is 12.8 Å². The maximum Gasteiger partial charge on any atom is 0.310 e. The second-order valence-corrected chi connectivity index (χ2v) is 6.39. The molecule has 1 aromatic carbocycles. The molecule has 2 aliphatic rings. The van der Waals surface area contributed by atoms with Crippen molar-refractivity contribution in [3.05, 3.63) is 46.0 Å². The predicted molar refractivity (Wildman–Crippen MR) is 80.6 cm³/mol. The van der Waals surface area contributed by atoms with Crippen LogP contribution in [0.4, 0.5) is 0 Å². The number of hydrogen-bond donors (Lipinski definition) is 0. The molecule has 0 heterocycles. The van der Waals surface area contributed by atoms with E-state index >= 15 is 0 Å². The van der Waals surface area contributed by atoms with Gasteiger partial charge in [0.2, 0.25) is 5.78 Å². The molecule has 0 aliphatic heterocycles. The molecule has 0 spiro atoms. The Hall–Kier alpha value is -1.32. The number of ether oxygens (including phenoxy) is 1. The highest BCUT2D eigenvalue weighted by atomic mass is 35.5. The largest absolute Gasteiger partial charge is 0.457 e. The molecular formula is C16H14Cl2O3. The summed E-state index contributed by atoms with van der Waals surface area (Å²) < 4.78 is 5.17. The van der Waals surface area contributed by atoms with Crippen LogP contribution >= 0.6 is 23.2 Å². The standard InChI is InChI=1S/C16H14Cl2O3/c17-11-3-4-12(14(18)7-11)15(19)8-21-16(20)13-6-9-1-2-10(13)5-9/h1-4,7,9-10,13H,5-6,8H2. The first-order valence-corrected chi connectivity index (χ1v) is 7.63. The number of carbonyl (C=O) groups excluding carboxylic acids is 2. The van der Waals surface area contributed by atoms with Crippen molar-refractivity contribution < 1.29 is 14.3 Å². The minimum atomic E-state index is -0.316. The molecule has 110 valence electrons. The van der Waals surface area contributed by atoms with Gasteiger partial charge in [-0.2, -0.15) is 0 Å². The Bertz CT molecular complexity index is 624. The molecular weight excluding hydrogens is 311 g/mol. The van der Waals surface area contributed by atoms with Crippen molar-refractivity contribution >= 4 is 35.0 Å². The fourth-order valence-electron chi connectivity index (χ4n) is 3.09. The minimum absolute atomic E-state index is 0.103. The number of Topliss-reactive ketones (excluding diaryl/α,β-unsaturated/α-hetero) is 1. The van der Waals surface area contributed by atoms with E-state index in [2.05, 4.69) is 12.2 Å². The van der Waals surface area contributed by atoms with Gasteiger partial charge in [-0.05, 0) is 42.9 Å². The number of esters is 1. The third-order valence-electron chi connectivity index (χ3n) is 4.16. The molecule has 3 unspecified atom stereocenters. The van der Waals surface area contributed by atoms with Gasteiger partial charge in [0, 0.05) is 10.6 Å². The smallest absolute Gasteiger partial charge is 0.310 e. The van der Waals surface area contributed by atoms with Crippen molar-refractivity contribution in [2.75, 3.05) is 6.61 Å². The van der Waals surface area contributed by atoms with Gasteiger partial charge in [0.15, 0.2) is 6.61 Å². The van der Waals surface area contributed by atoms with Crippen molar-refractivity contribution in [1.82, 2.24) is 0 Å². The van der Waals surface area contributed by atoms with Gasteiger partial charge in [0.1, 0.15) is 0 Å². The Morgan fingerprint density at radius 3 is 2.62 bits per heavy atom. The lowest BCUT2D eigenvalue weighted by Gasteiger charge is -2.16. The van der Waals surface area contributed by atoms with E-state index in [1.807, 2.05) is 0 Å². The molecule has 0 radical (unpaired) electrons. The van der Waals surface area contributed by atoms with Gasteiger partial charge in [-0.3, -0.25) is 9.59 Å². The van der Waals surface area contributed by atoms with Crippen molar-refractivity contribution in [2.24, 2.45) is 17.8 Å². The van der Waals surface area contributed by atoms with E-state index in [0.29, 0.717) is 16.5 Å². The van der Waals surface area contributed by atoms with E-state index in [4.69, 9.17) is 27.9 Å². The van der Waals surface area contributed by atoms with Crippen LogP contribution < -0.4 is 0 Å². The quantitative estimate of drug-likeness (QED) is 0.478. The summed E-state index contributed by atoms with van der Waals surface area (Å²) in [4.78, 5) is 24.1. The van der Waals surface area contributed by atoms with Crippen LogP contribution in [0.1, 0.15) is 23.2 Å². The van der Waals surface area contributed by atoms with E-state index in [1.165, 1.54) is 6.07 Å². The summed E-state index contributed by atoms with van der Waals surface area (Å²) in [7, 11) is 0. The van der Waals surface area contributed by atoms with Gasteiger partial charge in [0.05, 0.1) is 10.9 Å². The highest BCUT2D eigenvalue weighted by Gasteiger charge is 2.40. The molecule has 3 nitrogen and oxygen atoms in total. The highest BCUT2D eigenvalue weighted by Crippen LogP contribution is 2.43. The van der Waals surface area contributed by atoms with E-state index in [1.54, 1.807) is 12.1 Å². The third-order valence-corrected chi connectivity index (χ3v) is 4.71. The predicted octanol–water partition coefficient (Wildman–Crippen LogP) is 3.93. The summed E-state index contributed by atoms with van der Waals surface area (Å²) in [5.74, 6) is 0.0631. The first-order valence-electron chi connectivity index (χ1n) is 6.88. The number of halogens is 2. The fraction of sp³-hybridized carbons (Fsp3) is 0.375. The van der Waals surface area contributed by atoms with Gasteiger partial charge in [0.25, 0.3) is 0 Å². The second kappa shape index (κ2) is 5.82. The first-order chi connectivity index (χ1) is 10.0. The van der Waals surface area contributed by atoms with E-state index < -0.39 is 0 Å². The lowest BCUT2D eigenvalue weighted by Crippen LogP contribution is -2.24. The first kappa shape index (κ1) is 14.6. The molecule has 2 aliphatic carbocycles. The number of hydrogen-bond acceptors (Lipinski definition) is 3. The Kier molecular flexibility index (Phi) is 4.05. The van der Waals surface area contributed by atoms with Crippen LogP contribution in [0, 0.1) is 17.8 Å². The summed E-state index contributed by atoms with van der Waals surface area (Å²) in [5.41, 5.74) is 0.321. The maximum atomic E-state index is 12.0. The summed E-state index contributed by atoms with van der Waals surface area (Å²) in [6.07, 6.45) is 6.09. The van der Waals surface area contributed by atoms with Crippen LogP contribution in [0.15, 0.2) is 30.4 Å². The van der Waals surface area contributed by atoms with Crippen LogP contribution in [0.2, 0.25) is 10.0 Å². The maximum absolute atomic E-state index is 12.0. The molecule has 3 rings (SSSR count). The van der Waals surface area contributed by atoms with Crippen molar-refractivity contribution in [3.8, 4) is 0 Å². The molecule has 3 atom stereocenters. The molecule has 2 bridgehead atoms. The van der Waals surface area contributed by atoms with Gasteiger partial charge in [-0.25, -0.2) is 0 Å². The monoisotopic (exact) mass is 324 g/mol. The van der Waals surface area contributed by atoms with E-state index in [9.17, 15) is 9.59 Å². The Morgan fingerprint density at radius 2 is 2.00 bits per heavy atom. The number of ketones is 1. The number of allylic oxidation sites excluding steroid dienone is 2. The molecule has 0 saturated heterocycles. The third kappa shape index (κ3) is 2.99. The van der Waals surface area contributed by atoms with Crippen LogP contribution in [0.25, 0.3) is 0 Å². The summed E-state index contributed by atoms with van der Waals surface area (Å²) in [6.45, 7) is -0.280. The highest BCUT2D eigenvalue weighted by molar-refractivity contribution is 6.36. The number of benzene rings is 1. The summed E-state index contributed by atoms with van der Waals surface area (Å²) in [6, 6.07) is 4.63. The zero-order chi connectivity index (χ0) is 15.0. The average Bonchev–Trinajstić information content (AvgIpc) is 3.07. The second-order valence-electron chi connectivity index (χ2n) is 5.54. The van der Waals surface area contributed by atoms with Crippen LogP contribution in [0.5, 0.6) is 0 Å². The number of carbonyl (C=O) groups is 2. The minimum Gasteiger partial charge on any atom is -0.457 e. The molecule has 1 fully saturated rings. The Balaban J connectivity index is 1.58. The van der Waals surface area contributed by atoms with Crippen molar-refractivity contribution in [3.63, 3.8) is 0 Å². The van der Waals surface area contributed by atoms with Gasteiger partial charge >= 0.3 is 5.97 Å². The zero-order valence-electron chi connectivity index (χ0n) is 11.2. The molecule has 0 aromatic heterocycles. The normalized spacial score (nSPS) is 26.1. The lowest BCUT2D eigenvalue weighted by atomic mass is 9.94. The SMILES string of the molecule is O=C(COC(=O)C1CC2C=CC1C2)c1ccc(Cl)cc1Cl. The molecule has 0 amide bonds. The van der Waals surface area contributed by atoms with Gasteiger partial charge in [-0.15, -0.1) is 0 Å². The number of rotatable bonds is 4. The van der Waals surface area contributed by atoms with Crippen LogP contribution in [-0.2, 0) is 9.53 Å². The van der Waals surface area contributed by atoms with Gasteiger partial charge in [-0.1, -0.05) is 35.4 Å². The van der Waals surface area contributed by atoms with Crippen LogP contribution in [0.3, 0.4) is 0 Å². The molecule has 5 heteroatoms. The summed E-state index contributed by atoms with van der Waals surface area (Å²) >= 11 is 11.7. The topological polar surface area (TPSA) is 43.4 Å². The van der Waals surface area contributed by atoms with Gasteiger partial charge < -0.3 is 4.74 Å². The summed E-state index contributed by atoms with van der Waals surface area (Å²) in [5, 5.41) is 0.730. The lowest BCUT2D eigenvalue weighted by molar-refractivity contribution is -0.148. The molecule has 21 heavy (non-hydrogen) atoms. The zero-order valence-corrected chi connectivity index (χ0v) is 12.7. The fourth-order valence-corrected chi connectivity index (χ4v) is 3.60.